The molecule has 0 bridgehead atoms. The topological polar surface area (TPSA) is 136 Å². The van der Waals surface area contributed by atoms with Crippen molar-refractivity contribution >= 4 is 27.2 Å². The molecule has 0 spiro atoms. The van der Waals surface area contributed by atoms with Gasteiger partial charge in [-0.15, -0.1) is 0 Å². The first-order valence-corrected chi connectivity index (χ1v) is 12.6. The second-order valence-electron chi connectivity index (χ2n) is 8.24. The SMILES string of the molecule is CCCCn1c(=O)[nH]c(=O)c2c1nc(COC(=O)c1ccc(S(=O)(=O)N3CCCC3)cc1)n2C. The number of rotatable bonds is 8. The molecule has 1 aliphatic rings. The molecule has 11 nitrogen and oxygen atoms in total. The first-order chi connectivity index (χ1) is 16.2. The number of unbranched alkanes of at least 4 members (excludes halogenated alkanes) is 1. The van der Waals surface area contributed by atoms with E-state index in [-0.39, 0.29) is 28.2 Å². The molecule has 1 saturated heterocycles. The van der Waals surface area contributed by atoms with Gasteiger partial charge in [0.25, 0.3) is 5.56 Å². The van der Waals surface area contributed by atoms with E-state index < -0.39 is 27.2 Å². The highest BCUT2D eigenvalue weighted by Crippen LogP contribution is 2.21. The Bertz CT molecular complexity index is 1430. The molecule has 1 fully saturated rings. The molecule has 1 N–H and O–H groups in total. The number of carbonyl (C=O) groups is 1. The summed E-state index contributed by atoms with van der Waals surface area (Å²) in [5.74, 6) is -0.354. The summed E-state index contributed by atoms with van der Waals surface area (Å²) in [5.41, 5.74) is -0.436. The van der Waals surface area contributed by atoms with Gasteiger partial charge in [0, 0.05) is 26.7 Å². The number of esters is 1. The molecule has 0 amide bonds. The fourth-order valence-corrected chi connectivity index (χ4v) is 5.52. The van der Waals surface area contributed by atoms with Gasteiger partial charge < -0.3 is 9.30 Å². The highest BCUT2D eigenvalue weighted by molar-refractivity contribution is 7.89. The van der Waals surface area contributed by atoms with Crippen molar-refractivity contribution in [3.05, 3.63) is 56.5 Å². The van der Waals surface area contributed by atoms with E-state index in [2.05, 4.69) is 9.97 Å². The molecular weight excluding hydrogens is 462 g/mol. The lowest BCUT2D eigenvalue weighted by Gasteiger charge is -2.15. The number of aromatic nitrogens is 4. The summed E-state index contributed by atoms with van der Waals surface area (Å²) < 4.78 is 35.0. The molecule has 2 aromatic heterocycles. The smallest absolute Gasteiger partial charge is 0.338 e. The number of aromatic amines is 1. The van der Waals surface area contributed by atoms with Crippen molar-refractivity contribution < 1.29 is 17.9 Å². The number of hydrogen-bond acceptors (Lipinski definition) is 7. The number of imidazole rings is 1. The summed E-state index contributed by atoms with van der Waals surface area (Å²) in [7, 11) is -1.96. The zero-order valence-corrected chi connectivity index (χ0v) is 19.9. The first kappa shape index (κ1) is 23.9. The van der Waals surface area contributed by atoms with Gasteiger partial charge in [-0.2, -0.15) is 4.31 Å². The quantitative estimate of drug-likeness (QED) is 0.472. The molecule has 0 aliphatic carbocycles. The molecule has 182 valence electrons. The van der Waals surface area contributed by atoms with Gasteiger partial charge in [0.05, 0.1) is 10.5 Å². The van der Waals surface area contributed by atoms with Crippen molar-refractivity contribution in [3.8, 4) is 0 Å². The Morgan fingerprint density at radius 2 is 1.82 bits per heavy atom. The second-order valence-corrected chi connectivity index (χ2v) is 10.2. The molecule has 0 atom stereocenters. The maximum atomic E-state index is 12.6. The number of nitrogens with zero attached hydrogens (tertiary/aromatic N) is 4. The predicted octanol–water partition coefficient (Wildman–Crippen LogP) is 1.36. The molecule has 4 rings (SSSR count). The Hall–Kier alpha value is -3.25. The minimum atomic E-state index is -3.57. The fraction of sp³-hybridized carbons (Fsp3) is 0.455. The van der Waals surface area contributed by atoms with Crippen molar-refractivity contribution in [1.29, 1.82) is 0 Å². The summed E-state index contributed by atoms with van der Waals surface area (Å²) in [6.07, 6.45) is 3.28. The second kappa shape index (κ2) is 9.55. The molecule has 34 heavy (non-hydrogen) atoms. The van der Waals surface area contributed by atoms with E-state index in [4.69, 9.17) is 4.74 Å². The lowest BCUT2D eigenvalue weighted by molar-refractivity contribution is 0.0459. The molecule has 0 radical (unpaired) electrons. The van der Waals surface area contributed by atoms with Crippen molar-refractivity contribution in [2.24, 2.45) is 7.05 Å². The zero-order chi connectivity index (χ0) is 24.5. The standard InChI is InChI=1S/C22H27N5O6S/c1-3-4-13-27-19-18(20(28)24-22(27)30)25(2)17(23-19)14-33-21(29)15-7-9-16(10-8-15)34(31,32)26-11-5-6-12-26/h7-10H,3-6,11-14H2,1-2H3,(H,24,28,30). The molecule has 3 aromatic rings. The molecule has 12 heteroatoms. The molecule has 1 aliphatic heterocycles. The van der Waals surface area contributed by atoms with Gasteiger partial charge in [-0.3, -0.25) is 14.3 Å². The third kappa shape index (κ3) is 4.42. The summed E-state index contributed by atoms with van der Waals surface area (Å²) in [5, 5.41) is 0. The van der Waals surface area contributed by atoms with Crippen LogP contribution in [0.1, 0.15) is 48.8 Å². The van der Waals surface area contributed by atoms with Gasteiger partial charge in [-0.25, -0.2) is 23.0 Å². The van der Waals surface area contributed by atoms with E-state index in [1.165, 1.54) is 37.7 Å². The van der Waals surface area contributed by atoms with E-state index in [1.807, 2.05) is 6.92 Å². The molecule has 0 saturated carbocycles. The van der Waals surface area contributed by atoms with Gasteiger partial charge in [-0.05, 0) is 43.5 Å². The maximum absolute atomic E-state index is 12.6. The van der Waals surface area contributed by atoms with E-state index in [9.17, 15) is 22.8 Å². The van der Waals surface area contributed by atoms with Gasteiger partial charge in [0.1, 0.15) is 12.4 Å². The number of sulfonamides is 1. The lowest BCUT2D eigenvalue weighted by atomic mass is 10.2. The Morgan fingerprint density at radius 3 is 2.47 bits per heavy atom. The van der Waals surface area contributed by atoms with Crippen molar-refractivity contribution in [2.75, 3.05) is 13.1 Å². The molecular formula is C22H27N5O6S. The Balaban J connectivity index is 1.52. The van der Waals surface area contributed by atoms with Gasteiger partial charge in [0.15, 0.2) is 11.2 Å². The number of fused-ring (bicyclic) bond motifs is 1. The van der Waals surface area contributed by atoms with Crippen LogP contribution < -0.4 is 11.2 Å². The van der Waals surface area contributed by atoms with Gasteiger partial charge in [0.2, 0.25) is 10.0 Å². The van der Waals surface area contributed by atoms with Crippen LogP contribution in [0.3, 0.4) is 0 Å². The summed E-state index contributed by atoms with van der Waals surface area (Å²) >= 11 is 0. The van der Waals surface area contributed by atoms with E-state index in [1.54, 1.807) is 7.05 Å². The van der Waals surface area contributed by atoms with Crippen LogP contribution in [-0.4, -0.2) is 50.9 Å². The monoisotopic (exact) mass is 489 g/mol. The third-order valence-electron chi connectivity index (χ3n) is 5.97. The Kier molecular flexibility index (Phi) is 6.71. The first-order valence-electron chi connectivity index (χ1n) is 11.2. The van der Waals surface area contributed by atoms with Crippen molar-refractivity contribution in [3.63, 3.8) is 0 Å². The number of nitrogens with one attached hydrogen (secondary N) is 1. The molecule has 3 heterocycles. The average molecular weight is 490 g/mol. The van der Waals surface area contributed by atoms with Crippen LogP contribution in [0.25, 0.3) is 11.2 Å². The highest BCUT2D eigenvalue weighted by Gasteiger charge is 2.27. The summed E-state index contributed by atoms with van der Waals surface area (Å²) in [6, 6.07) is 5.61. The maximum Gasteiger partial charge on any atom is 0.338 e. The normalized spacial score (nSPS) is 14.6. The Morgan fingerprint density at radius 1 is 1.15 bits per heavy atom. The molecule has 0 unspecified atom stereocenters. The van der Waals surface area contributed by atoms with Crippen LogP contribution in [0.15, 0.2) is 38.8 Å². The predicted molar refractivity (Wildman–Crippen MR) is 124 cm³/mol. The van der Waals surface area contributed by atoms with Crippen LogP contribution in [0, 0.1) is 0 Å². The van der Waals surface area contributed by atoms with Crippen LogP contribution in [-0.2, 0) is 35.0 Å². The van der Waals surface area contributed by atoms with Gasteiger partial charge >= 0.3 is 11.7 Å². The van der Waals surface area contributed by atoms with Crippen LogP contribution in [0.5, 0.6) is 0 Å². The summed E-state index contributed by atoms with van der Waals surface area (Å²) in [6.45, 7) is 3.18. The van der Waals surface area contributed by atoms with E-state index >= 15 is 0 Å². The number of aryl methyl sites for hydroxylation is 2. The zero-order valence-electron chi connectivity index (χ0n) is 19.1. The summed E-state index contributed by atoms with van der Waals surface area (Å²) in [4.78, 5) is 43.9. The van der Waals surface area contributed by atoms with Crippen molar-refractivity contribution in [1.82, 2.24) is 23.4 Å². The van der Waals surface area contributed by atoms with Crippen LogP contribution in [0.2, 0.25) is 0 Å². The largest absolute Gasteiger partial charge is 0.454 e. The minimum Gasteiger partial charge on any atom is -0.454 e. The van der Waals surface area contributed by atoms with Gasteiger partial charge in [-0.1, -0.05) is 13.3 Å². The minimum absolute atomic E-state index is 0.130. The number of H-pyrrole nitrogens is 1. The average Bonchev–Trinajstić information content (AvgIpc) is 3.47. The number of carbonyl (C=O) groups excluding carboxylic acids is 1. The Labute approximate surface area is 196 Å². The fourth-order valence-electron chi connectivity index (χ4n) is 4.00. The number of benzene rings is 1. The lowest BCUT2D eigenvalue weighted by Crippen LogP contribution is -2.31. The number of ether oxygens (including phenoxy) is 1. The third-order valence-corrected chi connectivity index (χ3v) is 7.88. The highest BCUT2D eigenvalue weighted by atomic mass is 32.2. The number of hydrogen-bond donors (Lipinski definition) is 1. The van der Waals surface area contributed by atoms with Crippen LogP contribution in [0.4, 0.5) is 0 Å². The van der Waals surface area contributed by atoms with E-state index in [0.29, 0.717) is 25.5 Å². The van der Waals surface area contributed by atoms with Crippen molar-refractivity contribution in [2.45, 2.75) is 50.7 Å². The molecule has 1 aromatic carbocycles. The van der Waals surface area contributed by atoms with Crippen LogP contribution >= 0.6 is 0 Å². The van der Waals surface area contributed by atoms with E-state index in [0.717, 1.165) is 25.7 Å².